The zero-order valence-corrected chi connectivity index (χ0v) is 12.8. The molecule has 6 nitrogen and oxygen atoms in total. The summed E-state index contributed by atoms with van der Waals surface area (Å²) >= 11 is 0. The second-order valence-corrected chi connectivity index (χ2v) is 8.45. The molecule has 0 spiro atoms. The number of hydrogen-bond donors (Lipinski definition) is 1. The largest absolute Gasteiger partial charge is 0.243 e. The van der Waals surface area contributed by atoms with Gasteiger partial charge in [0.15, 0.2) is 0 Å². The zero-order valence-electron chi connectivity index (χ0n) is 11.2. The van der Waals surface area contributed by atoms with Crippen LogP contribution < -0.4 is 5.14 Å². The van der Waals surface area contributed by atoms with E-state index in [1.807, 2.05) is 6.92 Å². The third kappa shape index (κ3) is 3.03. The SMILES string of the molecule is CCC1CCN(S(=O)(=O)c2cccc(S(N)(=O)=O)c2)C1. The highest BCUT2D eigenvalue weighted by molar-refractivity contribution is 7.90. The summed E-state index contributed by atoms with van der Waals surface area (Å²) in [6.07, 6.45) is 1.77. The molecule has 1 aromatic rings. The molecule has 0 aromatic heterocycles. The van der Waals surface area contributed by atoms with Crippen molar-refractivity contribution in [3.05, 3.63) is 24.3 Å². The summed E-state index contributed by atoms with van der Waals surface area (Å²) in [5.74, 6) is 0.367. The Kier molecular flexibility index (Phi) is 4.19. The van der Waals surface area contributed by atoms with Crippen molar-refractivity contribution in [3.63, 3.8) is 0 Å². The Hall–Kier alpha value is -0.960. The van der Waals surface area contributed by atoms with E-state index in [4.69, 9.17) is 5.14 Å². The first kappa shape index (κ1) is 15.4. The van der Waals surface area contributed by atoms with E-state index < -0.39 is 20.0 Å². The highest BCUT2D eigenvalue weighted by Gasteiger charge is 2.32. The second-order valence-electron chi connectivity index (χ2n) is 4.95. The normalized spacial score (nSPS) is 21.2. The average molecular weight is 318 g/mol. The second kappa shape index (κ2) is 5.44. The summed E-state index contributed by atoms with van der Waals surface area (Å²) in [7, 11) is -7.56. The Morgan fingerprint density at radius 1 is 1.25 bits per heavy atom. The molecule has 0 bridgehead atoms. The maximum Gasteiger partial charge on any atom is 0.243 e. The highest BCUT2D eigenvalue weighted by atomic mass is 32.2. The fraction of sp³-hybridized carbons (Fsp3) is 0.500. The predicted octanol–water partition coefficient (Wildman–Crippen LogP) is 0.755. The standard InChI is InChI=1S/C12H18N2O4S2/c1-2-10-6-7-14(9-10)20(17,18)12-5-3-4-11(8-12)19(13,15)16/h3-5,8,10H,2,6-7,9H2,1H3,(H2,13,15,16). The van der Waals surface area contributed by atoms with Gasteiger partial charge in [-0.15, -0.1) is 0 Å². The molecule has 1 aliphatic heterocycles. The van der Waals surface area contributed by atoms with Crippen LogP contribution in [0.2, 0.25) is 0 Å². The van der Waals surface area contributed by atoms with Crippen molar-refractivity contribution in [3.8, 4) is 0 Å². The molecule has 0 amide bonds. The molecule has 0 aliphatic carbocycles. The molecule has 1 saturated heterocycles. The first-order chi connectivity index (χ1) is 9.25. The molecule has 20 heavy (non-hydrogen) atoms. The van der Waals surface area contributed by atoms with Gasteiger partial charge in [0.05, 0.1) is 9.79 Å². The third-order valence-electron chi connectivity index (χ3n) is 3.60. The van der Waals surface area contributed by atoms with Crippen molar-refractivity contribution in [2.45, 2.75) is 29.6 Å². The van der Waals surface area contributed by atoms with E-state index in [-0.39, 0.29) is 9.79 Å². The van der Waals surface area contributed by atoms with Gasteiger partial charge < -0.3 is 0 Å². The van der Waals surface area contributed by atoms with Gasteiger partial charge in [-0.1, -0.05) is 19.4 Å². The fourth-order valence-corrected chi connectivity index (χ4v) is 4.52. The van der Waals surface area contributed by atoms with Crippen molar-refractivity contribution in [1.82, 2.24) is 4.31 Å². The first-order valence-corrected chi connectivity index (χ1v) is 9.37. The van der Waals surface area contributed by atoms with E-state index in [0.717, 1.165) is 18.9 Å². The van der Waals surface area contributed by atoms with Crippen molar-refractivity contribution in [2.24, 2.45) is 11.1 Å². The van der Waals surface area contributed by atoms with Crippen molar-refractivity contribution < 1.29 is 16.8 Å². The molecule has 0 radical (unpaired) electrons. The van der Waals surface area contributed by atoms with Gasteiger partial charge in [-0.2, -0.15) is 4.31 Å². The Balaban J connectivity index is 2.36. The lowest BCUT2D eigenvalue weighted by molar-refractivity contribution is 0.453. The smallest absolute Gasteiger partial charge is 0.225 e. The van der Waals surface area contributed by atoms with Gasteiger partial charge >= 0.3 is 0 Å². The maximum absolute atomic E-state index is 12.5. The van der Waals surface area contributed by atoms with Crippen LogP contribution in [0.5, 0.6) is 0 Å². The number of nitrogens with zero attached hydrogens (tertiary/aromatic N) is 1. The van der Waals surface area contributed by atoms with E-state index >= 15 is 0 Å². The molecule has 2 rings (SSSR count). The number of benzene rings is 1. The molecular formula is C12H18N2O4S2. The maximum atomic E-state index is 12.5. The lowest BCUT2D eigenvalue weighted by Gasteiger charge is -2.16. The first-order valence-electron chi connectivity index (χ1n) is 6.38. The van der Waals surface area contributed by atoms with Crippen LogP contribution in [0.25, 0.3) is 0 Å². The van der Waals surface area contributed by atoms with Crippen LogP contribution in [0.4, 0.5) is 0 Å². The zero-order chi connectivity index (χ0) is 15.0. The van der Waals surface area contributed by atoms with Gasteiger partial charge in [0.25, 0.3) is 0 Å². The monoisotopic (exact) mass is 318 g/mol. The molecule has 1 aliphatic rings. The van der Waals surface area contributed by atoms with Gasteiger partial charge in [-0.3, -0.25) is 0 Å². The molecular weight excluding hydrogens is 300 g/mol. The van der Waals surface area contributed by atoms with Crippen molar-refractivity contribution in [1.29, 1.82) is 0 Å². The lowest BCUT2D eigenvalue weighted by Crippen LogP contribution is -2.29. The molecule has 0 saturated carbocycles. The molecule has 1 unspecified atom stereocenters. The number of sulfonamides is 2. The van der Waals surface area contributed by atoms with Gasteiger partial charge in [-0.25, -0.2) is 22.0 Å². The minimum atomic E-state index is -3.91. The minimum absolute atomic E-state index is 0.0271. The van der Waals surface area contributed by atoms with E-state index in [1.54, 1.807) is 0 Å². The van der Waals surface area contributed by atoms with Gasteiger partial charge in [0, 0.05) is 13.1 Å². The van der Waals surface area contributed by atoms with Crippen LogP contribution in [0.15, 0.2) is 34.1 Å². The number of primary sulfonamides is 1. The van der Waals surface area contributed by atoms with Crippen molar-refractivity contribution >= 4 is 20.0 Å². The van der Waals surface area contributed by atoms with E-state index in [2.05, 4.69) is 0 Å². The quantitative estimate of drug-likeness (QED) is 0.886. The summed E-state index contributed by atoms with van der Waals surface area (Å²) in [5.41, 5.74) is 0. The van der Waals surface area contributed by atoms with Crippen LogP contribution in [0.1, 0.15) is 19.8 Å². The van der Waals surface area contributed by atoms with E-state index in [1.165, 1.54) is 22.5 Å². The van der Waals surface area contributed by atoms with Crippen LogP contribution in [-0.4, -0.2) is 34.2 Å². The average Bonchev–Trinajstić information content (AvgIpc) is 2.87. The Morgan fingerprint density at radius 3 is 2.45 bits per heavy atom. The number of rotatable bonds is 4. The van der Waals surface area contributed by atoms with E-state index in [9.17, 15) is 16.8 Å². The summed E-state index contributed by atoms with van der Waals surface area (Å²) < 4.78 is 48.9. The topological polar surface area (TPSA) is 97.5 Å². The molecule has 1 atom stereocenters. The summed E-state index contributed by atoms with van der Waals surface area (Å²) in [6.45, 7) is 2.99. The lowest BCUT2D eigenvalue weighted by atomic mass is 10.1. The molecule has 8 heteroatoms. The van der Waals surface area contributed by atoms with E-state index in [0.29, 0.717) is 19.0 Å². The van der Waals surface area contributed by atoms with Crippen LogP contribution in [-0.2, 0) is 20.0 Å². The third-order valence-corrected chi connectivity index (χ3v) is 6.37. The van der Waals surface area contributed by atoms with Crippen LogP contribution in [0.3, 0.4) is 0 Å². The molecule has 112 valence electrons. The van der Waals surface area contributed by atoms with Gasteiger partial charge in [-0.05, 0) is 30.5 Å². The highest BCUT2D eigenvalue weighted by Crippen LogP contribution is 2.26. The number of hydrogen-bond acceptors (Lipinski definition) is 4. The van der Waals surface area contributed by atoms with Gasteiger partial charge in [0.1, 0.15) is 0 Å². The molecule has 2 N–H and O–H groups in total. The van der Waals surface area contributed by atoms with Gasteiger partial charge in [0.2, 0.25) is 20.0 Å². The van der Waals surface area contributed by atoms with Crippen LogP contribution >= 0.6 is 0 Å². The summed E-state index contributed by atoms with van der Waals surface area (Å²) in [4.78, 5) is -0.217. The molecule has 1 heterocycles. The summed E-state index contributed by atoms with van der Waals surface area (Å²) in [5, 5.41) is 5.03. The fourth-order valence-electron chi connectivity index (χ4n) is 2.31. The number of nitrogens with two attached hydrogens (primary N) is 1. The predicted molar refractivity (Wildman–Crippen MR) is 75.0 cm³/mol. The van der Waals surface area contributed by atoms with Crippen LogP contribution in [0, 0.1) is 5.92 Å². The Morgan fingerprint density at radius 2 is 1.90 bits per heavy atom. The molecule has 1 aromatic carbocycles. The Bertz CT molecular complexity index is 698. The molecule has 1 fully saturated rings. The minimum Gasteiger partial charge on any atom is -0.225 e. The van der Waals surface area contributed by atoms with Crippen molar-refractivity contribution in [2.75, 3.05) is 13.1 Å². The Labute approximate surface area is 119 Å². The summed E-state index contributed by atoms with van der Waals surface area (Å²) in [6, 6.07) is 5.18.